The number of amides is 3. The summed E-state index contributed by atoms with van der Waals surface area (Å²) in [4.78, 5) is 23.7. The molecule has 1 unspecified atom stereocenters. The van der Waals surface area contributed by atoms with E-state index in [1.54, 1.807) is 11.9 Å². The summed E-state index contributed by atoms with van der Waals surface area (Å²) in [6, 6.07) is -0.133. The van der Waals surface area contributed by atoms with Gasteiger partial charge in [-0.05, 0) is 12.8 Å². The van der Waals surface area contributed by atoms with Gasteiger partial charge in [0.05, 0.1) is 5.92 Å². The molecule has 0 aromatic rings. The Morgan fingerprint density at radius 3 is 2.77 bits per heavy atom. The standard InChI is InChI=1S/C8H15N3O2/c1-10-8(13)11-4-2-3-6(5-11)7(9)12/h6H,2-5H2,1H3,(H2,9,12)(H,10,13). The molecule has 13 heavy (non-hydrogen) atoms. The van der Waals surface area contributed by atoms with Gasteiger partial charge in [-0.1, -0.05) is 0 Å². The molecule has 0 radical (unpaired) electrons. The van der Waals surface area contributed by atoms with Gasteiger partial charge in [-0.15, -0.1) is 0 Å². The topological polar surface area (TPSA) is 75.4 Å². The van der Waals surface area contributed by atoms with Gasteiger partial charge in [0.25, 0.3) is 0 Å². The number of rotatable bonds is 1. The highest BCUT2D eigenvalue weighted by atomic mass is 16.2. The number of nitrogens with zero attached hydrogens (tertiary/aromatic N) is 1. The largest absolute Gasteiger partial charge is 0.369 e. The SMILES string of the molecule is CNC(=O)N1CCCC(C(N)=O)C1. The zero-order chi connectivity index (χ0) is 9.84. The molecule has 0 bridgehead atoms. The summed E-state index contributed by atoms with van der Waals surface area (Å²) in [6.07, 6.45) is 1.64. The third-order valence-electron chi connectivity index (χ3n) is 2.32. The van der Waals surface area contributed by atoms with Crippen molar-refractivity contribution in [2.75, 3.05) is 20.1 Å². The van der Waals surface area contributed by atoms with Gasteiger partial charge in [-0.2, -0.15) is 0 Å². The first kappa shape index (κ1) is 9.83. The molecule has 1 aliphatic rings. The number of hydrogen-bond acceptors (Lipinski definition) is 2. The van der Waals surface area contributed by atoms with Crippen molar-refractivity contribution in [1.82, 2.24) is 10.2 Å². The van der Waals surface area contributed by atoms with Crippen LogP contribution >= 0.6 is 0 Å². The molecular weight excluding hydrogens is 170 g/mol. The number of carbonyl (C=O) groups excluding carboxylic acids is 2. The summed E-state index contributed by atoms with van der Waals surface area (Å²) >= 11 is 0. The Balaban J connectivity index is 2.51. The monoisotopic (exact) mass is 185 g/mol. The highest BCUT2D eigenvalue weighted by molar-refractivity contribution is 5.79. The predicted octanol–water partition coefficient (Wildman–Crippen LogP) is -0.477. The number of nitrogens with two attached hydrogens (primary N) is 1. The first-order valence-corrected chi connectivity index (χ1v) is 4.41. The lowest BCUT2D eigenvalue weighted by Gasteiger charge is -2.30. The normalized spacial score (nSPS) is 22.5. The molecule has 1 fully saturated rings. The van der Waals surface area contributed by atoms with Crippen molar-refractivity contribution >= 4 is 11.9 Å². The van der Waals surface area contributed by atoms with Gasteiger partial charge in [0.1, 0.15) is 0 Å². The number of nitrogens with one attached hydrogen (secondary N) is 1. The molecule has 0 spiro atoms. The quantitative estimate of drug-likeness (QED) is 0.579. The van der Waals surface area contributed by atoms with Gasteiger partial charge in [-0.25, -0.2) is 4.79 Å². The molecule has 1 heterocycles. The summed E-state index contributed by atoms with van der Waals surface area (Å²) in [6.45, 7) is 1.17. The van der Waals surface area contributed by atoms with Crippen LogP contribution in [-0.4, -0.2) is 37.0 Å². The summed E-state index contributed by atoms with van der Waals surface area (Å²) in [5.74, 6) is -0.486. The van der Waals surface area contributed by atoms with E-state index in [-0.39, 0.29) is 17.9 Å². The van der Waals surface area contributed by atoms with Crippen molar-refractivity contribution < 1.29 is 9.59 Å². The lowest BCUT2D eigenvalue weighted by molar-refractivity contribution is -0.123. The third-order valence-corrected chi connectivity index (χ3v) is 2.32. The van der Waals surface area contributed by atoms with E-state index >= 15 is 0 Å². The van der Waals surface area contributed by atoms with E-state index < -0.39 is 0 Å². The zero-order valence-electron chi connectivity index (χ0n) is 7.75. The Hall–Kier alpha value is -1.26. The van der Waals surface area contributed by atoms with Crippen molar-refractivity contribution in [1.29, 1.82) is 0 Å². The highest BCUT2D eigenvalue weighted by Crippen LogP contribution is 2.15. The molecule has 74 valence electrons. The Bertz CT molecular complexity index is 217. The maximum absolute atomic E-state index is 11.2. The molecule has 0 aromatic heterocycles. The lowest BCUT2D eigenvalue weighted by Crippen LogP contribution is -2.47. The van der Waals surface area contributed by atoms with E-state index in [4.69, 9.17) is 5.73 Å². The molecule has 1 rings (SSSR count). The van der Waals surface area contributed by atoms with Crippen LogP contribution in [0.5, 0.6) is 0 Å². The summed E-state index contributed by atoms with van der Waals surface area (Å²) in [5, 5.41) is 2.53. The van der Waals surface area contributed by atoms with Crippen molar-refractivity contribution in [3.8, 4) is 0 Å². The van der Waals surface area contributed by atoms with Crippen LogP contribution in [0.2, 0.25) is 0 Å². The number of likely N-dealkylation sites (tertiary alicyclic amines) is 1. The fourth-order valence-corrected chi connectivity index (χ4v) is 1.55. The molecule has 1 saturated heterocycles. The van der Waals surface area contributed by atoms with Crippen molar-refractivity contribution in [2.24, 2.45) is 11.7 Å². The zero-order valence-corrected chi connectivity index (χ0v) is 7.75. The maximum Gasteiger partial charge on any atom is 0.317 e. The molecule has 1 aliphatic heterocycles. The molecule has 1 atom stereocenters. The molecule has 5 nitrogen and oxygen atoms in total. The van der Waals surface area contributed by atoms with Crippen LogP contribution in [0.4, 0.5) is 4.79 Å². The molecule has 0 aromatic carbocycles. The van der Waals surface area contributed by atoms with E-state index in [1.165, 1.54) is 0 Å². The number of primary amides is 1. The van der Waals surface area contributed by atoms with Crippen molar-refractivity contribution in [3.63, 3.8) is 0 Å². The van der Waals surface area contributed by atoms with Crippen molar-refractivity contribution in [3.05, 3.63) is 0 Å². The smallest absolute Gasteiger partial charge is 0.317 e. The first-order valence-electron chi connectivity index (χ1n) is 4.41. The van der Waals surface area contributed by atoms with Gasteiger partial charge in [-0.3, -0.25) is 4.79 Å². The maximum atomic E-state index is 11.2. The second-order valence-electron chi connectivity index (χ2n) is 3.24. The van der Waals surface area contributed by atoms with E-state index in [0.717, 1.165) is 12.8 Å². The summed E-state index contributed by atoms with van der Waals surface area (Å²) in [7, 11) is 1.58. The van der Waals surface area contributed by atoms with Crippen LogP contribution in [0.15, 0.2) is 0 Å². The van der Waals surface area contributed by atoms with Gasteiger partial charge in [0, 0.05) is 20.1 Å². The van der Waals surface area contributed by atoms with Crippen molar-refractivity contribution in [2.45, 2.75) is 12.8 Å². The van der Waals surface area contributed by atoms with E-state index in [1.807, 2.05) is 0 Å². The first-order chi connectivity index (χ1) is 6.15. The molecule has 5 heteroatoms. The van der Waals surface area contributed by atoms with Crippen LogP contribution in [0.1, 0.15) is 12.8 Å². The summed E-state index contributed by atoms with van der Waals surface area (Å²) in [5.41, 5.74) is 5.17. The van der Waals surface area contributed by atoms with Gasteiger partial charge < -0.3 is 16.0 Å². The van der Waals surface area contributed by atoms with Crippen LogP contribution < -0.4 is 11.1 Å². The van der Waals surface area contributed by atoms with Gasteiger partial charge >= 0.3 is 6.03 Å². The number of piperidine rings is 1. The Labute approximate surface area is 77.3 Å². The van der Waals surface area contributed by atoms with E-state index in [9.17, 15) is 9.59 Å². The molecule has 0 aliphatic carbocycles. The van der Waals surface area contributed by atoms with E-state index in [0.29, 0.717) is 13.1 Å². The summed E-state index contributed by atoms with van der Waals surface area (Å²) < 4.78 is 0. The molecular formula is C8H15N3O2. The average Bonchev–Trinajstić information content (AvgIpc) is 2.17. The van der Waals surface area contributed by atoms with Crippen LogP contribution in [0, 0.1) is 5.92 Å². The Kier molecular flexibility index (Phi) is 3.11. The average molecular weight is 185 g/mol. The molecule has 3 amide bonds. The highest BCUT2D eigenvalue weighted by Gasteiger charge is 2.26. The van der Waals surface area contributed by atoms with E-state index in [2.05, 4.69) is 5.32 Å². The number of hydrogen-bond donors (Lipinski definition) is 2. The van der Waals surface area contributed by atoms with Crippen LogP contribution in [0.3, 0.4) is 0 Å². The Morgan fingerprint density at radius 1 is 1.54 bits per heavy atom. The minimum atomic E-state index is -0.311. The Morgan fingerprint density at radius 2 is 2.23 bits per heavy atom. The fraction of sp³-hybridized carbons (Fsp3) is 0.750. The van der Waals surface area contributed by atoms with Crippen LogP contribution in [-0.2, 0) is 4.79 Å². The number of urea groups is 1. The van der Waals surface area contributed by atoms with Crippen LogP contribution in [0.25, 0.3) is 0 Å². The third kappa shape index (κ3) is 2.34. The lowest BCUT2D eigenvalue weighted by atomic mass is 9.98. The molecule has 3 N–H and O–H groups in total. The van der Waals surface area contributed by atoms with Gasteiger partial charge in [0.15, 0.2) is 0 Å². The van der Waals surface area contributed by atoms with Gasteiger partial charge in [0.2, 0.25) is 5.91 Å². The second-order valence-corrected chi connectivity index (χ2v) is 3.24. The molecule has 0 saturated carbocycles. The minimum Gasteiger partial charge on any atom is -0.369 e. The minimum absolute atomic E-state index is 0.133. The second kappa shape index (κ2) is 4.11. The number of carbonyl (C=O) groups is 2. The predicted molar refractivity (Wildman–Crippen MR) is 47.9 cm³/mol. The fourth-order valence-electron chi connectivity index (χ4n) is 1.55.